The van der Waals surface area contributed by atoms with Gasteiger partial charge in [0.05, 0.1) is 6.20 Å². The second-order valence-corrected chi connectivity index (χ2v) is 7.86. The van der Waals surface area contributed by atoms with Gasteiger partial charge in [0.15, 0.2) is 11.7 Å². The van der Waals surface area contributed by atoms with Crippen LogP contribution in [0.4, 0.5) is 0 Å². The van der Waals surface area contributed by atoms with E-state index in [1.807, 2.05) is 12.1 Å². The highest BCUT2D eigenvalue weighted by atomic mass is 35.5. The molecule has 7 heteroatoms. The summed E-state index contributed by atoms with van der Waals surface area (Å²) in [6.45, 7) is 4.38. The fourth-order valence-corrected chi connectivity index (χ4v) is 3.04. The number of oxazole rings is 1. The molecule has 0 unspecified atom stereocenters. The van der Waals surface area contributed by atoms with Gasteiger partial charge in [-0.25, -0.2) is 4.98 Å². The van der Waals surface area contributed by atoms with E-state index in [2.05, 4.69) is 41.8 Å². The summed E-state index contributed by atoms with van der Waals surface area (Å²) in [7, 11) is 0. The van der Waals surface area contributed by atoms with E-state index in [0.717, 1.165) is 12.0 Å². The molecule has 0 spiro atoms. The molecule has 3 rings (SSSR count). The van der Waals surface area contributed by atoms with Crippen LogP contribution in [0.25, 0.3) is 11.3 Å². The van der Waals surface area contributed by atoms with Crippen molar-refractivity contribution in [3.8, 4) is 11.3 Å². The summed E-state index contributed by atoms with van der Waals surface area (Å²) >= 11 is 5.79. The zero-order valence-corrected chi connectivity index (χ0v) is 17.7. The molecule has 0 atom stereocenters. The third-order valence-electron chi connectivity index (χ3n) is 4.42. The van der Waals surface area contributed by atoms with Crippen LogP contribution in [0.2, 0.25) is 5.02 Å². The van der Waals surface area contributed by atoms with E-state index in [1.165, 1.54) is 5.56 Å². The molecule has 0 bridgehead atoms. The van der Waals surface area contributed by atoms with Gasteiger partial charge >= 0.3 is 0 Å². The molecule has 3 aromatic rings. The lowest BCUT2D eigenvalue weighted by atomic mass is 10.0. The second-order valence-electron chi connectivity index (χ2n) is 7.42. The van der Waals surface area contributed by atoms with Gasteiger partial charge in [-0.05, 0) is 42.2 Å². The molecule has 1 heterocycles. The molecule has 156 valence electrons. The van der Waals surface area contributed by atoms with E-state index in [9.17, 15) is 9.59 Å². The topological polar surface area (TPSA) is 84.2 Å². The molecule has 0 saturated carbocycles. The van der Waals surface area contributed by atoms with Crippen molar-refractivity contribution in [1.82, 2.24) is 15.8 Å². The van der Waals surface area contributed by atoms with Gasteiger partial charge in [0.2, 0.25) is 5.91 Å². The van der Waals surface area contributed by atoms with E-state index in [4.69, 9.17) is 16.0 Å². The largest absolute Gasteiger partial charge is 0.441 e. The maximum absolute atomic E-state index is 12.0. The summed E-state index contributed by atoms with van der Waals surface area (Å²) in [4.78, 5) is 28.2. The summed E-state index contributed by atoms with van der Waals surface area (Å²) in [6.07, 6.45) is 3.15. The van der Waals surface area contributed by atoms with Gasteiger partial charge in [0.1, 0.15) is 0 Å². The third-order valence-corrected chi connectivity index (χ3v) is 4.68. The number of carbonyl (C=O) groups excluding carboxylic acids is 2. The Morgan fingerprint density at radius 2 is 1.73 bits per heavy atom. The molecule has 6 nitrogen and oxygen atoms in total. The molecule has 1 aromatic heterocycles. The quantitative estimate of drug-likeness (QED) is 0.542. The SMILES string of the molecule is CC(C)Cc1ccc(-c2cnc(CCC(=O)NNC(=O)c3ccc(Cl)cc3)o2)cc1. The van der Waals surface area contributed by atoms with Crippen LogP contribution in [0, 0.1) is 5.92 Å². The lowest BCUT2D eigenvalue weighted by Crippen LogP contribution is -2.41. The molecule has 0 saturated heterocycles. The highest BCUT2D eigenvalue weighted by Gasteiger charge is 2.11. The monoisotopic (exact) mass is 425 g/mol. The normalized spacial score (nSPS) is 10.8. The van der Waals surface area contributed by atoms with Crippen LogP contribution in [0.5, 0.6) is 0 Å². The Morgan fingerprint density at radius 1 is 1.03 bits per heavy atom. The van der Waals surface area contributed by atoms with Crippen LogP contribution in [-0.2, 0) is 17.6 Å². The Bertz CT molecular complexity index is 995. The van der Waals surface area contributed by atoms with Gasteiger partial charge in [-0.3, -0.25) is 20.4 Å². The molecular formula is C23H24ClN3O3. The number of hydrazine groups is 1. The van der Waals surface area contributed by atoms with Crippen molar-refractivity contribution in [2.75, 3.05) is 0 Å². The molecular weight excluding hydrogens is 402 g/mol. The van der Waals surface area contributed by atoms with Crippen LogP contribution < -0.4 is 10.9 Å². The average molecular weight is 426 g/mol. The van der Waals surface area contributed by atoms with Crippen LogP contribution in [-0.4, -0.2) is 16.8 Å². The number of aromatic nitrogens is 1. The molecule has 2 N–H and O–H groups in total. The fraction of sp³-hybridized carbons (Fsp3) is 0.261. The van der Waals surface area contributed by atoms with Gasteiger partial charge in [0, 0.05) is 29.0 Å². The first-order valence-electron chi connectivity index (χ1n) is 9.79. The van der Waals surface area contributed by atoms with Crippen molar-refractivity contribution in [2.24, 2.45) is 5.92 Å². The van der Waals surface area contributed by atoms with Crippen molar-refractivity contribution in [1.29, 1.82) is 0 Å². The number of amides is 2. The van der Waals surface area contributed by atoms with E-state index in [0.29, 0.717) is 34.6 Å². The zero-order chi connectivity index (χ0) is 21.5. The molecule has 0 aliphatic heterocycles. The van der Waals surface area contributed by atoms with Gasteiger partial charge in [-0.15, -0.1) is 0 Å². The number of benzene rings is 2. The summed E-state index contributed by atoms with van der Waals surface area (Å²) in [6, 6.07) is 14.6. The van der Waals surface area contributed by atoms with Gasteiger partial charge in [-0.1, -0.05) is 49.7 Å². The zero-order valence-electron chi connectivity index (χ0n) is 16.9. The summed E-state index contributed by atoms with van der Waals surface area (Å²) in [5.41, 5.74) is 7.38. The van der Waals surface area contributed by atoms with E-state index in [-0.39, 0.29) is 12.3 Å². The number of rotatable bonds is 7. The van der Waals surface area contributed by atoms with Crippen molar-refractivity contribution in [3.05, 3.63) is 76.8 Å². The highest BCUT2D eigenvalue weighted by Crippen LogP contribution is 2.22. The summed E-state index contributed by atoms with van der Waals surface area (Å²) in [5, 5.41) is 0.535. The third kappa shape index (κ3) is 6.19. The molecule has 2 amide bonds. The van der Waals surface area contributed by atoms with Gasteiger partial charge < -0.3 is 4.42 Å². The Morgan fingerprint density at radius 3 is 2.40 bits per heavy atom. The number of hydrogen-bond donors (Lipinski definition) is 2. The maximum atomic E-state index is 12.0. The smallest absolute Gasteiger partial charge is 0.269 e. The van der Waals surface area contributed by atoms with Crippen molar-refractivity contribution in [3.63, 3.8) is 0 Å². The summed E-state index contributed by atoms with van der Waals surface area (Å²) in [5.74, 6) is 0.984. The Balaban J connectivity index is 1.47. The Labute approximate surface area is 180 Å². The van der Waals surface area contributed by atoms with E-state index < -0.39 is 5.91 Å². The first-order chi connectivity index (χ1) is 14.4. The standard InChI is InChI=1S/C23H24ClN3O3/c1-15(2)13-16-3-5-17(6-4-16)20-14-25-22(30-20)12-11-21(28)26-27-23(29)18-7-9-19(24)10-8-18/h3-10,14-15H,11-13H2,1-2H3,(H,26,28)(H,27,29). The number of nitrogens with one attached hydrogen (secondary N) is 2. The number of halogens is 1. The molecule has 0 radical (unpaired) electrons. The number of aryl methyl sites for hydroxylation is 1. The first kappa shape index (κ1) is 21.6. The van der Waals surface area contributed by atoms with E-state index >= 15 is 0 Å². The molecule has 0 fully saturated rings. The Kier molecular flexibility index (Phi) is 7.25. The first-order valence-corrected chi connectivity index (χ1v) is 10.2. The second kappa shape index (κ2) is 10.1. The average Bonchev–Trinajstić information content (AvgIpc) is 3.20. The lowest BCUT2D eigenvalue weighted by Gasteiger charge is -2.07. The summed E-state index contributed by atoms with van der Waals surface area (Å²) < 4.78 is 5.76. The van der Waals surface area contributed by atoms with Gasteiger partial charge in [-0.2, -0.15) is 0 Å². The predicted octanol–water partition coefficient (Wildman–Crippen LogP) is 4.59. The van der Waals surface area contributed by atoms with Crippen LogP contribution >= 0.6 is 11.6 Å². The number of carbonyl (C=O) groups is 2. The minimum absolute atomic E-state index is 0.133. The van der Waals surface area contributed by atoms with Crippen LogP contribution in [0.15, 0.2) is 59.1 Å². The van der Waals surface area contributed by atoms with Gasteiger partial charge in [0.25, 0.3) is 5.91 Å². The number of hydrogen-bond acceptors (Lipinski definition) is 4. The Hall–Kier alpha value is -3.12. The van der Waals surface area contributed by atoms with Crippen LogP contribution in [0.1, 0.15) is 42.1 Å². The van der Waals surface area contributed by atoms with Crippen molar-refractivity contribution < 1.29 is 14.0 Å². The molecule has 0 aliphatic carbocycles. The van der Waals surface area contributed by atoms with Crippen LogP contribution in [0.3, 0.4) is 0 Å². The molecule has 0 aliphatic rings. The molecule has 2 aromatic carbocycles. The highest BCUT2D eigenvalue weighted by molar-refractivity contribution is 6.30. The minimum Gasteiger partial charge on any atom is -0.441 e. The number of nitrogens with zero attached hydrogens (tertiary/aromatic N) is 1. The van der Waals surface area contributed by atoms with Crippen molar-refractivity contribution in [2.45, 2.75) is 33.1 Å². The predicted molar refractivity (Wildman–Crippen MR) is 116 cm³/mol. The minimum atomic E-state index is -0.417. The molecule has 30 heavy (non-hydrogen) atoms. The fourth-order valence-electron chi connectivity index (χ4n) is 2.92. The lowest BCUT2D eigenvalue weighted by molar-refractivity contribution is -0.121. The van der Waals surface area contributed by atoms with Crippen molar-refractivity contribution >= 4 is 23.4 Å². The van der Waals surface area contributed by atoms with E-state index in [1.54, 1.807) is 30.5 Å². The maximum Gasteiger partial charge on any atom is 0.269 e.